The number of rotatable bonds is 7. The quantitative estimate of drug-likeness (QED) is 0.416. The highest BCUT2D eigenvalue weighted by molar-refractivity contribution is 5.92. The Hall–Kier alpha value is -3.26. The summed E-state index contributed by atoms with van der Waals surface area (Å²) in [5, 5.41) is 10.3. The molecular formula is C27H34N6O2. The highest BCUT2D eigenvalue weighted by Gasteiger charge is 2.48. The van der Waals surface area contributed by atoms with E-state index in [0.717, 1.165) is 78.6 Å². The largest absolute Gasteiger partial charge is 0.378 e. The van der Waals surface area contributed by atoms with Crippen molar-refractivity contribution >= 4 is 22.6 Å². The van der Waals surface area contributed by atoms with Crippen molar-refractivity contribution in [2.24, 2.45) is 0 Å². The standard InChI is InChI=1S/C27H34N6O2/c1-4-19-14-22-23(32-24(19)34)13-18(15-29-22)16-30-26-7-10-27(11-8-26,12-9-26)33-20-5-6-21(25(35)28-3)31-17(20)2/h5-6,13-15,30,33H,4,7-12,16H2,1-3H3,(H,28,35)(H,32,34). The maximum Gasteiger partial charge on any atom is 0.269 e. The first-order valence-electron chi connectivity index (χ1n) is 12.6. The number of hydrogen-bond acceptors (Lipinski definition) is 6. The molecule has 4 N–H and O–H groups in total. The van der Waals surface area contributed by atoms with E-state index in [-0.39, 0.29) is 22.5 Å². The maximum atomic E-state index is 12.2. The molecule has 3 aliphatic rings. The second-order valence-electron chi connectivity index (χ2n) is 10.2. The third-order valence-electron chi connectivity index (χ3n) is 8.07. The number of nitrogens with one attached hydrogen (secondary N) is 4. The van der Waals surface area contributed by atoms with Crippen LogP contribution in [0.2, 0.25) is 0 Å². The van der Waals surface area contributed by atoms with E-state index >= 15 is 0 Å². The molecule has 3 aliphatic carbocycles. The van der Waals surface area contributed by atoms with Crippen LogP contribution in [-0.2, 0) is 13.0 Å². The van der Waals surface area contributed by atoms with Gasteiger partial charge in [0.2, 0.25) is 0 Å². The lowest BCUT2D eigenvalue weighted by molar-refractivity contribution is 0.0923. The van der Waals surface area contributed by atoms with Crippen molar-refractivity contribution in [3.05, 3.63) is 63.3 Å². The van der Waals surface area contributed by atoms with Gasteiger partial charge in [0, 0.05) is 36.4 Å². The summed E-state index contributed by atoms with van der Waals surface area (Å²) in [6, 6.07) is 7.71. The van der Waals surface area contributed by atoms with Gasteiger partial charge in [-0.05, 0) is 81.7 Å². The summed E-state index contributed by atoms with van der Waals surface area (Å²) in [7, 11) is 1.62. The van der Waals surface area contributed by atoms with Crippen LogP contribution in [0.1, 0.15) is 72.8 Å². The number of fused-ring (bicyclic) bond motifs is 4. The Morgan fingerprint density at radius 1 is 1.09 bits per heavy atom. The van der Waals surface area contributed by atoms with E-state index in [2.05, 4.69) is 30.9 Å². The fraction of sp³-hybridized carbons (Fsp3) is 0.481. The molecule has 0 unspecified atom stereocenters. The summed E-state index contributed by atoms with van der Waals surface area (Å²) in [5.74, 6) is -0.164. The molecule has 6 rings (SSSR count). The van der Waals surface area contributed by atoms with E-state index < -0.39 is 0 Å². The number of aryl methyl sites for hydroxylation is 2. The summed E-state index contributed by atoms with van der Waals surface area (Å²) < 4.78 is 0. The average Bonchev–Trinajstić information content (AvgIpc) is 2.89. The number of carbonyl (C=O) groups is 1. The number of carbonyl (C=O) groups excluding carboxylic acids is 1. The Morgan fingerprint density at radius 3 is 2.46 bits per heavy atom. The van der Waals surface area contributed by atoms with Gasteiger partial charge in [0.25, 0.3) is 11.5 Å². The zero-order chi connectivity index (χ0) is 24.6. The number of anilines is 1. The maximum absolute atomic E-state index is 12.2. The molecule has 2 bridgehead atoms. The molecule has 0 radical (unpaired) electrons. The monoisotopic (exact) mass is 474 g/mol. The number of pyridine rings is 3. The van der Waals surface area contributed by atoms with Gasteiger partial charge in [-0.1, -0.05) is 6.92 Å². The minimum Gasteiger partial charge on any atom is -0.378 e. The van der Waals surface area contributed by atoms with Crippen molar-refractivity contribution in [1.82, 2.24) is 25.6 Å². The van der Waals surface area contributed by atoms with E-state index in [1.165, 1.54) is 0 Å². The Morgan fingerprint density at radius 2 is 1.80 bits per heavy atom. The highest BCUT2D eigenvalue weighted by atomic mass is 16.1. The summed E-state index contributed by atoms with van der Waals surface area (Å²) in [4.78, 5) is 36.1. The Bertz CT molecular complexity index is 1310. The van der Waals surface area contributed by atoms with Gasteiger partial charge >= 0.3 is 0 Å². The van der Waals surface area contributed by atoms with E-state index in [0.29, 0.717) is 12.1 Å². The minimum absolute atomic E-state index is 0.0254. The molecule has 8 nitrogen and oxygen atoms in total. The van der Waals surface area contributed by atoms with Crippen molar-refractivity contribution in [2.45, 2.75) is 76.4 Å². The van der Waals surface area contributed by atoms with Crippen LogP contribution in [0.3, 0.4) is 0 Å². The fourth-order valence-electron chi connectivity index (χ4n) is 5.69. The predicted octanol–water partition coefficient (Wildman–Crippen LogP) is 3.60. The molecule has 3 saturated carbocycles. The van der Waals surface area contributed by atoms with Gasteiger partial charge in [-0.3, -0.25) is 14.6 Å². The van der Waals surface area contributed by atoms with Crippen LogP contribution in [0.15, 0.2) is 35.3 Å². The van der Waals surface area contributed by atoms with Crippen molar-refractivity contribution in [3.8, 4) is 0 Å². The second-order valence-corrected chi connectivity index (χ2v) is 10.2. The van der Waals surface area contributed by atoms with Gasteiger partial charge in [-0.25, -0.2) is 4.98 Å². The number of hydrogen-bond donors (Lipinski definition) is 4. The van der Waals surface area contributed by atoms with E-state index in [4.69, 9.17) is 0 Å². The predicted molar refractivity (Wildman–Crippen MR) is 138 cm³/mol. The molecule has 0 saturated heterocycles. The molecular weight excluding hydrogens is 440 g/mol. The van der Waals surface area contributed by atoms with Crippen LogP contribution in [0.4, 0.5) is 5.69 Å². The van der Waals surface area contributed by atoms with Crippen LogP contribution < -0.4 is 21.5 Å². The molecule has 0 aliphatic heterocycles. The molecule has 184 valence electrons. The zero-order valence-electron chi connectivity index (χ0n) is 20.8. The summed E-state index contributed by atoms with van der Waals surface area (Å²) in [6.45, 7) is 4.68. The lowest BCUT2D eigenvalue weighted by Crippen LogP contribution is -2.59. The van der Waals surface area contributed by atoms with Gasteiger partial charge in [0.05, 0.1) is 22.4 Å². The zero-order valence-corrected chi connectivity index (χ0v) is 20.8. The average molecular weight is 475 g/mol. The SMILES string of the molecule is CCc1cc2ncc(CNC34CCC(Nc5ccc(C(=O)NC)nc5C)(CC3)CC4)cc2[nH]c1=O. The lowest BCUT2D eigenvalue weighted by Gasteiger charge is -2.54. The highest BCUT2D eigenvalue weighted by Crippen LogP contribution is 2.48. The molecule has 3 aromatic heterocycles. The van der Waals surface area contributed by atoms with Crippen LogP contribution in [-0.4, -0.2) is 39.0 Å². The van der Waals surface area contributed by atoms with Crippen LogP contribution in [0, 0.1) is 6.92 Å². The van der Waals surface area contributed by atoms with E-state index in [1.54, 1.807) is 13.1 Å². The normalized spacial score (nSPS) is 23.4. The van der Waals surface area contributed by atoms with Crippen LogP contribution in [0.5, 0.6) is 0 Å². The minimum atomic E-state index is -0.164. The number of H-pyrrole nitrogens is 1. The Labute approximate surface area is 205 Å². The molecule has 1 amide bonds. The molecule has 3 aromatic rings. The second kappa shape index (κ2) is 9.07. The van der Waals surface area contributed by atoms with Gasteiger partial charge < -0.3 is 20.9 Å². The van der Waals surface area contributed by atoms with Gasteiger partial charge in [-0.2, -0.15) is 0 Å². The van der Waals surface area contributed by atoms with E-state index in [1.807, 2.05) is 38.2 Å². The molecule has 0 atom stereocenters. The van der Waals surface area contributed by atoms with Crippen molar-refractivity contribution in [1.29, 1.82) is 0 Å². The van der Waals surface area contributed by atoms with Crippen molar-refractivity contribution in [3.63, 3.8) is 0 Å². The smallest absolute Gasteiger partial charge is 0.269 e. The lowest BCUT2D eigenvalue weighted by atomic mass is 9.61. The number of aromatic nitrogens is 3. The van der Waals surface area contributed by atoms with Gasteiger partial charge in [0.1, 0.15) is 5.69 Å². The summed E-state index contributed by atoms with van der Waals surface area (Å²) in [5.41, 5.74) is 6.02. The number of aromatic amines is 1. The van der Waals surface area contributed by atoms with Gasteiger partial charge in [-0.15, -0.1) is 0 Å². The third kappa shape index (κ3) is 4.55. The summed E-state index contributed by atoms with van der Waals surface area (Å²) in [6.07, 6.45) is 9.24. The Kier molecular flexibility index (Phi) is 6.09. The molecule has 3 fully saturated rings. The first kappa shape index (κ1) is 23.5. The molecule has 3 heterocycles. The molecule has 0 aromatic carbocycles. The third-order valence-corrected chi connectivity index (χ3v) is 8.07. The summed E-state index contributed by atoms with van der Waals surface area (Å²) >= 11 is 0. The van der Waals surface area contributed by atoms with Crippen molar-refractivity contribution in [2.75, 3.05) is 12.4 Å². The van der Waals surface area contributed by atoms with Crippen molar-refractivity contribution < 1.29 is 4.79 Å². The Balaban J connectivity index is 1.23. The van der Waals surface area contributed by atoms with Gasteiger partial charge in [0.15, 0.2) is 0 Å². The van der Waals surface area contributed by atoms with E-state index in [9.17, 15) is 9.59 Å². The number of nitrogens with zero attached hydrogens (tertiary/aromatic N) is 2. The molecule has 0 spiro atoms. The first-order valence-corrected chi connectivity index (χ1v) is 12.6. The topological polar surface area (TPSA) is 112 Å². The molecule has 35 heavy (non-hydrogen) atoms. The first-order chi connectivity index (χ1) is 16.8. The number of amides is 1. The van der Waals surface area contributed by atoms with Crippen LogP contribution in [0.25, 0.3) is 11.0 Å². The fourth-order valence-corrected chi connectivity index (χ4v) is 5.69. The van der Waals surface area contributed by atoms with Crippen LogP contribution >= 0.6 is 0 Å². The molecule has 8 heteroatoms.